The van der Waals surface area contributed by atoms with Crippen molar-refractivity contribution in [3.63, 3.8) is 0 Å². The molecular formula is C16H17N3O2. The monoisotopic (exact) mass is 283 g/mol. The van der Waals surface area contributed by atoms with Crippen molar-refractivity contribution in [1.82, 2.24) is 5.06 Å². The summed E-state index contributed by atoms with van der Waals surface area (Å²) in [5.41, 5.74) is 7.77. The highest BCUT2D eigenvalue weighted by Gasteiger charge is 2.36. The van der Waals surface area contributed by atoms with E-state index < -0.39 is 5.72 Å². The minimum atomic E-state index is -0.828. The van der Waals surface area contributed by atoms with Crippen molar-refractivity contribution in [1.29, 1.82) is 0 Å². The zero-order chi connectivity index (χ0) is 15.0. The van der Waals surface area contributed by atoms with Gasteiger partial charge in [0.1, 0.15) is 5.75 Å². The highest BCUT2D eigenvalue weighted by atomic mass is 16.7. The van der Waals surface area contributed by atoms with E-state index in [0.29, 0.717) is 5.96 Å². The lowest BCUT2D eigenvalue weighted by atomic mass is 9.98. The molecule has 3 N–H and O–H groups in total. The highest BCUT2D eigenvalue weighted by Crippen LogP contribution is 2.34. The molecule has 3 rings (SSSR count). The van der Waals surface area contributed by atoms with Crippen LogP contribution in [0.4, 0.5) is 0 Å². The molecule has 0 radical (unpaired) electrons. The van der Waals surface area contributed by atoms with Gasteiger partial charge in [-0.15, -0.1) is 0 Å². The van der Waals surface area contributed by atoms with Gasteiger partial charge in [0, 0.05) is 12.6 Å². The number of benzene rings is 2. The molecule has 1 atom stereocenters. The number of hydroxylamine groups is 2. The van der Waals surface area contributed by atoms with Crippen LogP contribution in [-0.2, 0) is 10.6 Å². The molecule has 5 nitrogen and oxygen atoms in total. The number of hydrogen-bond donors (Lipinski definition) is 2. The Labute approximate surface area is 123 Å². The van der Waals surface area contributed by atoms with E-state index >= 15 is 0 Å². The maximum absolute atomic E-state index is 9.61. The molecule has 1 heterocycles. The highest BCUT2D eigenvalue weighted by molar-refractivity contribution is 5.78. The predicted molar refractivity (Wildman–Crippen MR) is 81.4 cm³/mol. The van der Waals surface area contributed by atoms with Crippen LogP contribution in [0.25, 0.3) is 11.1 Å². The van der Waals surface area contributed by atoms with E-state index in [1.54, 1.807) is 19.2 Å². The normalized spacial score (nSPS) is 21.4. The molecule has 108 valence electrons. The van der Waals surface area contributed by atoms with E-state index in [0.717, 1.165) is 16.7 Å². The molecule has 1 aliphatic rings. The lowest BCUT2D eigenvalue weighted by molar-refractivity contribution is -0.163. The summed E-state index contributed by atoms with van der Waals surface area (Å²) < 4.78 is 0. The second-order valence-corrected chi connectivity index (χ2v) is 5.17. The van der Waals surface area contributed by atoms with Crippen LogP contribution in [0.15, 0.2) is 53.5 Å². The number of aliphatic imine (C=N–C) groups is 1. The molecule has 2 aromatic carbocycles. The molecule has 0 saturated heterocycles. The van der Waals surface area contributed by atoms with Crippen molar-refractivity contribution >= 4 is 5.96 Å². The van der Waals surface area contributed by atoms with Crippen molar-refractivity contribution < 1.29 is 9.94 Å². The Hall–Kier alpha value is -2.53. The maximum Gasteiger partial charge on any atom is 0.218 e. The first-order valence-electron chi connectivity index (χ1n) is 6.66. The Morgan fingerprint density at radius 1 is 1.14 bits per heavy atom. The van der Waals surface area contributed by atoms with Crippen molar-refractivity contribution in [3.8, 4) is 16.9 Å². The first-order chi connectivity index (χ1) is 9.98. The summed E-state index contributed by atoms with van der Waals surface area (Å²) in [6, 6.07) is 15.0. The van der Waals surface area contributed by atoms with Crippen LogP contribution in [0, 0.1) is 0 Å². The Kier molecular flexibility index (Phi) is 3.07. The summed E-state index contributed by atoms with van der Waals surface area (Å²) in [6.07, 6.45) is 0. The molecule has 0 bridgehead atoms. The molecule has 0 fully saturated rings. The molecule has 1 aliphatic heterocycles. The van der Waals surface area contributed by atoms with Crippen LogP contribution in [-0.4, -0.2) is 23.2 Å². The van der Waals surface area contributed by atoms with Crippen molar-refractivity contribution in [3.05, 3.63) is 54.1 Å². The number of nitrogens with two attached hydrogens (primary N) is 1. The van der Waals surface area contributed by atoms with E-state index in [1.165, 1.54) is 5.06 Å². The van der Waals surface area contributed by atoms with Crippen LogP contribution >= 0.6 is 0 Å². The number of rotatable bonds is 2. The van der Waals surface area contributed by atoms with Crippen LogP contribution in [0.2, 0.25) is 0 Å². The predicted octanol–water partition coefficient (Wildman–Crippen LogP) is 2.42. The van der Waals surface area contributed by atoms with E-state index in [-0.39, 0.29) is 5.75 Å². The van der Waals surface area contributed by atoms with Gasteiger partial charge in [-0.2, -0.15) is 0 Å². The standard InChI is InChI=1S/C16H17N3O2/c1-16(18-15(17)19(2)21-16)13-7-3-5-11(9-13)12-6-4-8-14(20)10-12/h3-10,20H,1-2H3,(H2,17,18). The maximum atomic E-state index is 9.61. The van der Waals surface area contributed by atoms with E-state index in [1.807, 2.05) is 43.3 Å². The van der Waals surface area contributed by atoms with Crippen molar-refractivity contribution in [2.45, 2.75) is 12.6 Å². The third kappa shape index (κ3) is 2.43. The molecule has 0 amide bonds. The zero-order valence-electron chi connectivity index (χ0n) is 11.9. The largest absolute Gasteiger partial charge is 0.508 e. The van der Waals surface area contributed by atoms with Crippen molar-refractivity contribution in [2.75, 3.05) is 7.05 Å². The van der Waals surface area contributed by atoms with Crippen molar-refractivity contribution in [2.24, 2.45) is 10.7 Å². The summed E-state index contributed by atoms with van der Waals surface area (Å²) in [4.78, 5) is 10.1. The fourth-order valence-electron chi connectivity index (χ4n) is 2.41. The Morgan fingerprint density at radius 2 is 1.81 bits per heavy atom. The van der Waals surface area contributed by atoms with Gasteiger partial charge < -0.3 is 10.8 Å². The molecule has 5 heteroatoms. The number of hydrogen-bond acceptors (Lipinski definition) is 5. The molecule has 1 unspecified atom stereocenters. The van der Waals surface area contributed by atoms with E-state index in [9.17, 15) is 5.11 Å². The summed E-state index contributed by atoms with van der Waals surface area (Å²) in [7, 11) is 1.73. The smallest absolute Gasteiger partial charge is 0.218 e. The molecule has 2 aromatic rings. The van der Waals surface area contributed by atoms with Gasteiger partial charge in [0.05, 0.1) is 0 Å². The minimum absolute atomic E-state index is 0.239. The topological polar surface area (TPSA) is 71.1 Å². The van der Waals surface area contributed by atoms with E-state index in [2.05, 4.69) is 4.99 Å². The number of nitrogens with zero attached hydrogens (tertiary/aromatic N) is 2. The number of guanidine groups is 1. The van der Waals surface area contributed by atoms with E-state index in [4.69, 9.17) is 10.6 Å². The van der Waals surface area contributed by atoms with Gasteiger partial charge in [-0.3, -0.25) is 0 Å². The molecule has 0 aromatic heterocycles. The molecule has 0 aliphatic carbocycles. The molecule has 21 heavy (non-hydrogen) atoms. The quantitative estimate of drug-likeness (QED) is 0.888. The third-order valence-electron chi connectivity index (χ3n) is 3.54. The Balaban J connectivity index is 2.02. The first-order valence-corrected chi connectivity index (χ1v) is 6.66. The summed E-state index contributed by atoms with van der Waals surface area (Å²) in [5.74, 6) is 0.587. The SMILES string of the molecule is CN1OC(C)(c2cccc(-c3cccc(O)c3)c2)N=C1N. The number of phenols is 1. The van der Waals surface area contributed by atoms with Gasteiger partial charge in [0.2, 0.25) is 11.7 Å². The zero-order valence-corrected chi connectivity index (χ0v) is 11.9. The second-order valence-electron chi connectivity index (χ2n) is 5.17. The summed E-state index contributed by atoms with van der Waals surface area (Å²) in [6.45, 7) is 1.87. The van der Waals surface area contributed by atoms with Gasteiger partial charge in [0.25, 0.3) is 0 Å². The lowest BCUT2D eigenvalue weighted by Crippen LogP contribution is -2.30. The van der Waals surface area contributed by atoms with Gasteiger partial charge in [-0.1, -0.05) is 30.3 Å². The van der Waals surface area contributed by atoms with Gasteiger partial charge in [-0.05, 0) is 36.2 Å². The molecule has 0 spiro atoms. The minimum Gasteiger partial charge on any atom is -0.508 e. The first kappa shape index (κ1) is 13.5. The average Bonchev–Trinajstić information content (AvgIpc) is 2.73. The van der Waals surface area contributed by atoms with Crippen LogP contribution in [0.5, 0.6) is 5.75 Å². The number of aromatic hydroxyl groups is 1. The Morgan fingerprint density at radius 3 is 2.43 bits per heavy atom. The third-order valence-corrected chi connectivity index (χ3v) is 3.54. The second kappa shape index (κ2) is 4.79. The Bertz CT molecular complexity index is 714. The summed E-state index contributed by atoms with van der Waals surface area (Å²) in [5, 5.41) is 11.1. The fraction of sp³-hybridized carbons (Fsp3) is 0.188. The average molecular weight is 283 g/mol. The van der Waals surface area contributed by atoms with Gasteiger partial charge >= 0.3 is 0 Å². The number of phenolic OH excluding ortho intramolecular Hbond substituents is 1. The van der Waals surface area contributed by atoms with Crippen LogP contribution in [0.3, 0.4) is 0 Å². The fourth-order valence-corrected chi connectivity index (χ4v) is 2.41. The van der Waals surface area contributed by atoms with Gasteiger partial charge in [0.15, 0.2) is 0 Å². The van der Waals surface area contributed by atoms with Crippen LogP contribution in [0.1, 0.15) is 12.5 Å². The molecule has 0 saturated carbocycles. The lowest BCUT2D eigenvalue weighted by Gasteiger charge is -2.22. The van der Waals surface area contributed by atoms with Gasteiger partial charge in [-0.25, -0.2) is 14.9 Å². The van der Waals surface area contributed by atoms with Crippen LogP contribution < -0.4 is 5.73 Å². The molecular weight excluding hydrogens is 266 g/mol. The summed E-state index contributed by atoms with van der Waals surface area (Å²) >= 11 is 0.